The van der Waals surface area contributed by atoms with E-state index in [1.54, 1.807) is 28.1 Å². The predicted molar refractivity (Wildman–Crippen MR) is 231 cm³/mol. The van der Waals surface area contributed by atoms with Crippen molar-refractivity contribution in [3.8, 4) is 0 Å². The van der Waals surface area contributed by atoms with Crippen LogP contribution in [0, 0.1) is 0 Å². The van der Waals surface area contributed by atoms with E-state index in [1.165, 1.54) is 141 Å². The van der Waals surface area contributed by atoms with Crippen LogP contribution in [-0.4, -0.2) is 77.6 Å². The minimum absolute atomic E-state index is 0.0607. The fraction of sp³-hybridized carbons (Fsp3) is 0.911. The molecule has 328 valence electrons. The lowest BCUT2D eigenvalue weighted by Crippen LogP contribution is -2.44. The van der Waals surface area contributed by atoms with E-state index < -0.39 is 19.5 Å². The average Bonchev–Trinajstić information content (AvgIpc) is 3.12. The van der Waals surface area contributed by atoms with E-state index in [2.05, 4.69) is 26.0 Å². The van der Waals surface area contributed by atoms with Gasteiger partial charge in [0, 0.05) is 19.3 Å². The van der Waals surface area contributed by atoms with Gasteiger partial charge in [-0.2, -0.15) is 0 Å². The van der Waals surface area contributed by atoms with E-state index in [-0.39, 0.29) is 25.2 Å². The summed E-state index contributed by atoms with van der Waals surface area (Å²) in [7, 11) is 1.43. The Labute approximate surface area is 339 Å². The van der Waals surface area contributed by atoms with Gasteiger partial charge >= 0.3 is 19.5 Å². The molecule has 55 heavy (non-hydrogen) atoms. The SMILES string of the molecule is CCC([N+](C)(C)C)P(=O)(O)O.CCCCCCCC/C=C\CCCCCCCCCCCCCC(=O)OC[C@H](CO)OC(=O)CCCCCCCCCCC. The van der Waals surface area contributed by atoms with Crippen molar-refractivity contribution in [3.63, 3.8) is 0 Å². The first-order chi connectivity index (χ1) is 26.3. The van der Waals surface area contributed by atoms with Crippen molar-refractivity contribution in [1.82, 2.24) is 0 Å². The topological polar surface area (TPSA) is 130 Å². The van der Waals surface area contributed by atoms with Crippen molar-refractivity contribution in [2.75, 3.05) is 34.4 Å². The van der Waals surface area contributed by atoms with Crippen LogP contribution in [0.2, 0.25) is 0 Å². The number of carbonyl (C=O) groups excluding carboxylic acids is 2. The number of ether oxygens (including phenoxy) is 2. The molecular weight excluding hydrogens is 713 g/mol. The van der Waals surface area contributed by atoms with Gasteiger partial charge in [-0.05, 0) is 38.5 Å². The van der Waals surface area contributed by atoms with Gasteiger partial charge in [0.05, 0.1) is 27.7 Å². The highest BCUT2D eigenvalue weighted by Crippen LogP contribution is 2.45. The fourth-order valence-electron chi connectivity index (χ4n) is 6.84. The number of hydrogen-bond donors (Lipinski definition) is 3. The van der Waals surface area contributed by atoms with Gasteiger partial charge in [0.2, 0.25) is 0 Å². The van der Waals surface area contributed by atoms with E-state index in [1.807, 2.05) is 0 Å². The normalized spacial score (nSPS) is 13.0. The van der Waals surface area contributed by atoms with Crippen LogP contribution in [0.15, 0.2) is 12.2 Å². The summed E-state index contributed by atoms with van der Waals surface area (Å²) >= 11 is 0. The Morgan fingerprint density at radius 3 is 1.22 bits per heavy atom. The molecule has 0 bridgehead atoms. The molecule has 0 aliphatic rings. The van der Waals surface area contributed by atoms with Gasteiger partial charge in [-0.15, -0.1) is 0 Å². The number of carbonyl (C=O) groups is 2. The van der Waals surface area contributed by atoms with Crippen LogP contribution in [0.1, 0.15) is 220 Å². The van der Waals surface area contributed by atoms with Crippen LogP contribution in [0.25, 0.3) is 0 Å². The van der Waals surface area contributed by atoms with E-state index in [0.29, 0.717) is 23.7 Å². The second-order valence-corrected chi connectivity index (χ2v) is 18.4. The Morgan fingerprint density at radius 1 is 0.564 bits per heavy atom. The minimum Gasteiger partial charge on any atom is -0.462 e. The minimum atomic E-state index is -3.93. The summed E-state index contributed by atoms with van der Waals surface area (Å²) in [5.41, 5.74) is 0. The maximum absolute atomic E-state index is 12.1. The molecule has 2 atom stereocenters. The summed E-state index contributed by atoms with van der Waals surface area (Å²) < 4.78 is 21.8. The van der Waals surface area contributed by atoms with Crippen LogP contribution in [0.3, 0.4) is 0 Å². The van der Waals surface area contributed by atoms with Gasteiger partial charge in [0.25, 0.3) is 0 Å². The van der Waals surface area contributed by atoms with Gasteiger partial charge < -0.3 is 28.9 Å². The van der Waals surface area contributed by atoms with Crippen molar-refractivity contribution in [2.45, 2.75) is 232 Å². The summed E-state index contributed by atoms with van der Waals surface area (Å²) in [6.07, 6.45) is 40.4. The smallest absolute Gasteiger partial charge is 0.382 e. The Morgan fingerprint density at radius 2 is 0.909 bits per heavy atom. The molecule has 0 saturated heterocycles. The van der Waals surface area contributed by atoms with Crippen molar-refractivity contribution < 1.29 is 43.0 Å². The highest BCUT2D eigenvalue weighted by Gasteiger charge is 2.38. The zero-order valence-corrected chi connectivity index (χ0v) is 37.8. The maximum atomic E-state index is 12.1. The number of esters is 2. The third-order valence-corrected chi connectivity index (χ3v) is 12.0. The molecular formula is C45H91NO8P+. The number of rotatable bonds is 38. The molecule has 0 radical (unpaired) electrons. The molecule has 0 amide bonds. The summed E-state index contributed by atoms with van der Waals surface area (Å²) in [5.74, 6) is -1.17. The molecule has 3 N–H and O–H groups in total. The standard InChI is InChI=1S/C39H74O5.C6H16NO3P/c1-3-5-7-9-11-13-14-15-16-17-18-19-20-21-22-23-24-26-27-29-31-33-38(41)43-36-37(35-40)44-39(42)34-32-30-28-25-12-10-8-6-4-2;1-5-6(7(2,3)4)11(8,9)10/h15-16,37,40H,3-14,17-36H2,1-2H3;6H,5H2,1-4H3,(H-,8,9,10)/p+1/b16-15-;/t37-;/m0./s1. The van der Waals surface area contributed by atoms with Crippen molar-refractivity contribution in [3.05, 3.63) is 12.2 Å². The molecule has 0 aliphatic carbocycles. The number of quaternary nitrogens is 1. The largest absolute Gasteiger partial charge is 0.462 e. The molecule has 0 aromatic rings. The number of hydrogen-bond acceptors (Lipinski definition) is 6. The molecule has 9 nitrogen and oxygen atoms in total. The lowest BCUT2D eigenvalue weighted by atomic mass is 10.0. The van der Waals surface area contributed by atoms with Gasteiger partial charge in [-0.3, -0.25) is 14.2 Å². The molecule has 0 rings (SSSR count). The quantitative estimate of drug-likeness (QED) is 0.0185. The van der Waals surface area contributed by atoms with Crippen LogP contribution in [0.4, 0.5) is 0 Å². The lowest BCUT2D eigenvalue weighted by molar-refractivity contribution is -0.883. The first-order valence-corrected chi connectivity index (χ1v) is 24.5. The van der Waals surface area contributed by atoms with Crippen molar-refractivity contribution in [2.24, 2.45) is 0 Å². The molecule has 0 aromatic heterocycles. The number of nitrogens with zero attached hydrogens (tertiary/aromatic N) is 1. The Hall–Kier alpha value is -1.25. The first-order valence-electron chi connectivity index (χ1n) is 22.8. The van der Waals surface area contributed by atoms with Crippen LogP contribution < -0.4 is 0 Å². The summed E-state index contributed by atoms with van der Waals surface area (Å²) in [6.45, 7) is 5.90. The zero-order chi connectivity index (χ0) is 41.5. The average molecular weight is 805 g/mol. The number of aliphatic hydroxyl groups excluding tert-OH is 1. The Kier molecular flexibility index (Phi) is 40.2. The van der Waals surface area contributed by atoms with Gasteiger partial charge in [-0.1, -0.05) is 174 Å². The lowest BCUT2D eigenvalue weighted by Gasteiger charge is -2.33. The fourth-order valence-corrected chi connectivity index (χ4v) is 8.22. The summed E-state index contributed by atoms with van der Waals surface area (Å²) in [6, 6.07) is 0. The molecule has 0 spiro atoms. The van der Waals surface area contributed by atoms with E-state index in [0.717, 1.165) is 38.5 Å². The number of aliphatic hydroxyl groups is 1. The highest BCUT2D eigenvalue weighted by atomic mass is 31.2. The molecule has 0 fully saturated rings. The van der Waals surface area contributed by atoms with Crippen molar-refractivity contribution >= 4 is 19.5 Å². The third kappa shape index (κ3) is 40.7. The molecule has 0 heterocycles. The van der Waals surface area contributed by atoms with Crippen molar-refractivity contribution in [1.29, 1.82) is 0 Å². The Bertz CT molecular complexity index is 932. The predicted octanol–water partition coefficient (Wildman–Crippen LogP) is 12.3. The monoisotopic (exact) mass is 805 g/mol. The second kappa shape index (κ2) is 39.6. The molecule has 0 saturated carbocycles. The maximum Gasteiger partial charge on any atom is 0.382 e. The van der Waals surface area contributed by atoms with Gasteiger partial charge in [0.1, 0.15) is 6.61 Å². The van der Waals surface area contributed by atoms with Crippen LogP contribution in [-0.2, 0) is 23.6 Å². The van der Waals surface area contributed by atoms with E-state index >= 15 is 0 Å². The van der Waals surface area contributed by atoms with Gasteiger partial charge in [0.15, 0.2) is 11.9 Å². The van der Waals surface area contributed by atoms with Gasteiger partial charge in [-0.25, -0.2) is 0 Å². The second-order valence-electron chi connectivity index (χ2n) is 16.6. The zero-order valence-electron chi connectivity index (χ0n) is 36.9. The summed E-state index contributed by atoms with van der Waals surface area (Å²) in [4.78, 5) is 41.9. The Balaban J connectivity index is 0. The molecule has 0 aromatic carbocycles. The highest BCUT2D eigenvalue weighted by molar-refractivity contribution is 7.52. The number of unbranched alkanes of at least 4 members (excludes halogenated alkanes) is 25. The molecule has 1 unspecified atom stereocenters. The van der Waals surface area contributed by atoms with Crippen LogP contribution >= 0.6 is 7.60 Å². The van der Waals surface area contributed by atoms with Crippen LogP contribution in [0.5, 0.6) is 0 Å². The first kappa shape index (κ1) is 55.8. The third-order valence-electron chi connectivity index (χ3n) is 10.2. The van der Waals surface area contributed by atoms with E-state index in [9.17, 15) is 19.3 Å². The molecule has 0 aliphatic heterocycles. The number of allylic oxidation sites excluding steroid dienone is 2. The van der Waals surface area contributed by atoms with E-state index in [4.69, 9.17) is 19.3 Å². The molecule has 10 heteroatoms. The summed E-state index contributed by atoms with van der Waals surface area (Å²) in [5, 5.41) is 9.50.